The van der Waals surface area contributed by atoms with Crippen molar-refractivity contribution < 1.29 is 0 Å². The number of nitrogens with zero attached hydrogens (tertiary/aromatic N) is 2. The number of imidazole rings is 1. The minimum Gasteiger partial charge on any atom is -0.337 e. The lowest BCUT2D eigenvalue weighted by atomic mass is 10.2. The normalized spacial score (nSPS) is 12.9. The van der Waals surface area contributed by atoms with Gasteiger partial charge in [0.1, 0.15) is 0 Å². The Kier molecular flexibility index (Phi) is 3.49. The van der Waals surface area contributed by atoms with E-state index in [1.54, 1.807) is 11.3 Å². The number of hydrogen-bond donors (Lipinski definition) is 1. The van der Waals surface area contributed by atoms with Crippen LogP contribution in [0.1, 0.15) is 41.2 Å². The smallest absolute Gasteiger partial charge is 0.177 e. The third-order valence-corrected chi connectivity index (χ3v) is 4.52. The van der Waals surface area contributed by atoms with Crippen molar-refractivity contribution in [1.82, 2.24) is 14.5 Å². The van der Waals surface area contributed by atoms with Crippen molar-refractivity contribution >= 4 is 23.6 Å². The van der Waals surface area contributed by atoms with Crippen LogP contribution in [0.2, 0.25) is 0 Å². The molecule has 92 valence electrons. The van der Waals surface area contributed by atoms with Crippen molar-refractivity contribution in [3.05, 3.63) is 32.2 Å². The van der Waals surface area contributed by atoms with Crippen LogP contribution in [-0.4, -0.2) is 14.5 Å². The molecule has 0 saturated carbocycles. The lowest BCUT2D eigenvalue weighted by Crippen LogP contribution is -2.09. The fraction of sp³-hybridized carbons (Fsp3) is 0.500. The second kappa shape index (κ2) is 4.74. The topological polar surface area (TPSA) is 33.6 Å². The summed E-state index contributed by atoms with van der Waals surface area (Å²) in [6.07, 6.45) is 2.98. The van der Waals surface area contributed by atoms with Crippen molar-refractivity contribution in [3.63, 3.8) is 0 Å². The number of aromatic nitrogens is 3. The summed E-state index contributed by atoms with van der Waals surface area (Å²) in [6, 6.07) is 0.259. The maximum absolute atomic E-state index is 5.36. The molecule has 0 fully saturated rings. The van der Waals surface area contributed by atoms with Gasteiger partial charge >= 0.3 is 0 Å². The molecule has 0 saturated heterocycles. The summed E-state index contributed by atoms with van der Waals surface area (Å²) in [5.41, 5.74) is 2.36. The van der Waals surface area contributed by atoms with Crippen molar-refractivity contribution in [2.75, 3.05) is 0 Å². The Bertz CT molecular complexity index is 577. The number of rotatable bonds is 3. The Morgan fingerprint density at radius 3 is 2.76 bits per heavy atom. The highest BCUT2D eigenvalue weighted by Crippen LogP contribution is 2.28. The van der Waals surface area contributed by atoms with E-state index in [1.807, 2.05) is 13.1 Å². The van der Waals surface area contributed by atoms with Gasteiger partial charge in [0.15, 0.2) is 4.77 Å². The van der Waals surface area contributed by atoms with E-state index < -0.39 is 0 Å². The van der Waals surface area contributed by atoms with Crippen molar-refractivity contribution in [3.8, 4) is 0 Å². The second-order valence-corrected chi connectivity index (χ2v) is 5.79. The molecule has 2 aromatic rings. The fourth-order valence-corrected chi connectivity index (χ4v) is 3.47. The first-order valence-electron chi connectivity index (χ1n) is 5.77. The summed E-state index contributed by atoms with van der Waals surface area (Å²) in [6.45, 7) is 8.44. The average molecular weight is 267 g/mol. The van der Waals surface area contributed by atoms with Crippen LogP contribution >= 0.6 is 23.6 Å². The van der Waals surface area contributed by atoms with Gasteiger partial charge < -0.3 is 9.55 Å². The minimum absolute atomic E-state index is 0.259. The fourth-order valence-electron chi connectivity index (χ4n) is 2.16. The maximum atomic E-state index is 5.36. The SMILES string of the molecule is CCc1c[nH]c(=S)n1C(C)c1sc(C)nc1C. The van der Waals surface area contributed by atoms with Gasteiger partial charge in [-0.3, -0.25) is 0 Å². The summed E-state index contributed by atoms with van der Waals surface area (Å²) in [5.74, 6) is 0. The van der Waals surface area contributed by atoms with E-state index in [1.165, 1.54) is 10.6 Å². The van der Waals surface area contributed by atoms with E-state index in [0.29, 0.717) is 0 Å². The molecule has 0 bridgehead atoms. The molecule has 1 N–H and O–H groups in total. The van der Waals surface area contributed by atoms with Crippen LogP contribution in [0.3, 0.4) is 0 Å². The summed E-state index contributed by atoms with van der Waals surface area (Å²) in [7, 11) is 0. The third kappa shape index (κ3) is 2.21. The van der Waals surface area contributed by atoms with Gasteiger partial charge in [0, 0.05) is 11.9 Å². The molecule has 0 aliphatic rings. The van der Waals surface area contributed by atoms with Gasteiger partial charge in [-0.25, -0.2) is 4.98 Å². The van der Waals surface area contributed by atoms with Gasteiger partial charge in [0.25, 0.3) is 0 Å². The molecule has 2 rings (SSSR count). The summed E-state index contributed by atoms with van der Waals surface area (Å²) < 4.78 is 2.98. The lowest BCUT2D eigenvalue weighted by Gasteiger charge is -2.15. The van der Waals surface area contributed by atoms with Crippen molar-refractivity contribution in [2.24, 2.45) is 0 Å². The molecule has 0 aliphatic carbocycles. The molecule has 0 amide bonds. The Labute approximate surface area is 111 Å². The average Bonchev–Trinajstić information content (AvgIpc) is 2.80. The minimum atomic E-state index is 0.259. The zero-order valence-corrected chi connectivity index (χ0v) is 12.2. The molecule has 1 atom stereocenters. The van der Waals surface area contributed by atoms with E-state index in [4.69, 9.17) is 12.2 Å². The molecule has 0 aliphatic heterocycles. The van der Waals surface area contributed by atoms with Gasteiger partial charge in [-0.15, -0.1) is 11.3 Å². The van der Waals surface area contributed by atoms with Crippen LogP contribution in [0.5, 0.6) is 0 Å². The predicted molar refractivity (Wildman–Crippen MR) is 74.4 cm³/mol. The van der Waals surface area contributed by atoms with Crippen LogP contribution < -0.4 is 0 Å². The highest BCUT2D eigenvalue weighted by Gasteiger charge is 2.17. The van der Waals surface area contributed by atoms with Gasteiger partial charge in [0.05, 0.1) is 21.6 Å². The molecule has 5 heteroatoms. The first-order valence-corrected chi connectivity index (χ1v) is 6.99. The first kappa shape index (κ1) is 12.5. The summed E-state index contributed by atoms with van der Waals surface area (Å²) in [5, 5.41) is 1.12. The van der Waals surface area contributed by atoms with Gasteiger partial charge in [-0.1, -0.05) is 6.92 Å². The number of H-pyrrole nitrogens is 1. The first-order chi connectivity index (χ1) is 8.04. The molecular formula is C12H17N3S2. The number of thiazole rings is 1. The molecule has 0 radical (unpaired) electrons. The van der Waals surface area contributed by atoms with Crippen molar-refractivity contribution in [2.45, 2.75) is 40.2 Å². The van der Waals surface area contributed by atoms with Crippen LogP contribution in [0, 0.1) is 18.6 Å². The van der Waals surface area contributed by atoms with Crippen LogP contribution in [0.25, 0.3) is 0 Å². The highest BCUT2D eigenvalue weighted by atomic mass is 32.1. The third-order valence-electron chi connectivity index (χ3n) is 2.96. The molecule has 2 heterocycles. The molecule has 0 spiro atoms. The predicted octanol–water partition coefficient (Wildman–Crippen LogP) is 3.79. The molecular weight excluding hydrogens is 250 g/mol. The zero-order valence-electron chi connectivity index (χ0n) is 10.6. The molecule has 17 heavy (non-hydrogen) atoms. The van der Waals surface area contributed by atoms with Crippen molar-refractivity contribution in [1.29, 1.82) is 0 Å². The summed E-state index contributed by atoms with van der Waals surface area (Å²) in [4.78, 5) is 8.91. The number of hydrogen-bond acceptors (Lipinski definition) is 3. The standard InChI is InChI=1S/C12H17N3S2/c1-5-10-6-13-12(16)15(10)8(3)11-7(2)14-9(4)17-11/h6,8H,5H2,1-4H3,(H,13,16). The van der Waals surface area contributed by atoms with E-state index in [-0.39, 0.29) is 6.04 Å². The molecule has 1 unspecified atom stereocenters. The quantitative estimate of drug-likeness (QED) is 0.858. The summed E-state index contributed by atoms with van der Waals surface area (Å²) >= 11 is 7.11. The van der Waals surface area contributed by atoms with Crippen LogP contribution in [0.4, 0.5) is 0 Å². The Morgan fingerprint density at radius 2 is 2.24 bits per heavy atom. The largest absolute Gasteiger partial charge is 0.337 e. The Morgan fingerprint density at radius 1 is 1.53 bits per heavy atom. The Balaban J connectivity index is 2.50. The van der Waals surface area contributed by atoms with E-state index >= 15 is 0 Å². The number of nitrogens with one attached hydrogen (secondary N) is 1. The Hall–Kier alpha value is -0.940. The van der Waals surface area contributed by atoms with E-state index in [9.17, 15) is 0 Å². The van der Waals surface area contributed by atoms with E-state index in [2.05, 4.69) is 35.3 Å². The lowest BCUT2D eigenvalue weighted by molar-refractivity contribution is 0.609. The second-order valence-electron chi connectivity index (χ2n) is 4.17. The monoisotopic (exact) mass is 267 g/mol. The van der Waals surface area contributed by atoms with Crippen LogP contribution in [0.15, 0.2) is 6.20 Å². The van der Waals surface area contributed by atoms with Gasteiger partial charge in [-0.05, 0) is 39.4 Å². The van der Waals surface area contributed by atoms with Crippen LogP contribution in [-0.2, 0) is 6.42 Å². The highest BCUT2D eigenvalue weighted by molar-refractivity contribution is 7.71. The maximum Gasteiger partial charge on any atom is 0.177 e. The zero-order chi connectivity index (χ0) is 12.6. The van der Waals surface area contributed by atoms with Gasteiger partial charge in [-0.2, -0.15) is 0 Å². The number of aromatic amines is 1. The molecule has 2 aromatic heterocycles. The molecule has 0 aromatic carbocycles. The van der Waals surface area contributed by atoms with E-state index in [0.717, 1.165) is 21.9 Å². The number of aryl methyl sites for hydroxylation is 3. The van der Waals surface area contributed by atoms with Gasteiger partial charge in [0.2, 0.25) is 0 Å². The molecule has 3 nitrogen and oxygen atoms in total.